The summed E-state index contributed by atoms with van der Waals surface area (Å²) in [6.07, 6.45) is 0.459. The molecule has 5 nitrogen and oxygen atoms in total. The van der Waals surface area contributed by atoms with Gasteiger partial charge in [-0.2, -0.15) is 0 Å². The van der Waals surface area contributed by atoms with Crippen molar-refractivity contribution < 1.29 is 14.7 Å². The summed E-state index contributed by atoms with van der Waals surface area (Å²) >= 11 is 1.70. The number of nitrogens with one attached hydrogen (secondary N) is 2. The third kappa shape index (κ3) is 4.46. The first kappa shape index (κ1) is 17.5. The fourth-order valence-electron chi connectivity index (χ4n) is 2.03. The summed E-state index contributed by atoms with van der Waals surface area (Å²) in [7, 11) is 0. The number of urea groups is 1. The molecule has 1 aromatic heterocycles. The van der Waals surface area contributed by atoms with E-state index in [1.807, 2.05) is 20.8 Å². The molecule has 0 saturated heterocycles. The van der Waals surface area contributed by atoms with Gasteiger partial charge in [0.25, 0.3) is 0 Å². The van der Waals surface area contributed by atoms with E-state index in [2.05, 4.69) is 16.7 Å². The van der Waals surface area contributed by atoms with E-state index in [1.165, 1.54) is 9.75 Å². The van der Waals surface area contributed by atoms with Crippen molar-refractivity contribution in [2.75, 3.05) is 6.54 Å². The van der Waals surface area contributed by atoms with Gasteiger partial charge in [-0.1, -0.05) is 6.92 Å². The Morgan fingerprint density at radius 3 is 2.48 bits per heavy atom. The van der Waals surface area contributed by atoms with Crippen molar-refractivity contribution in [3.8, 4) is 0 Å². The monoisotopic (exact) mass is 312 g/mol. The number of aliphatic carboxylic acids is 1. The van der Waals surface area contributed by atoms with Crippen molar-refractivity contribution in [2.24, 2.45) is 5.41 Å². The van der Waals surface area contributed by atoms with Gasteiger partial charge in [-0.05, 0) is 45.7 Å². The maximum absolute atomic E-state index is 11.9. The molecule has 0 aromatic carbocycles. The number of amides is 2. The molecule has 0 aliphatic heterocycles. The van der Waals surface area contributed by atoms with Crippen LogP contribution in [0.15, 0.2) is 6.07 Å². The highest BCUT2D eigenvalue weighted by atomic mass is 32.1. The number of carbonyl (C=O) groups is 2. The van der Waals surface area contributed by atoms with Crippen molar-refractivity contribution in [3.63, 3.8) is 0 Å². The highest BCUT2D eigenvalue weighted by Gasteiger charge is 2.31. The first-order valence-electron chi connectivity index (χ1n) is 7.04. The van der Waals surface area contributed by atoms with Gasteiger partial charge in [-0.15, -0.1) is 11.3 Å². The molecule has 0 radical (unpaired) electrons. The molecule has 3 N–H and O–H groups in total. The average molecular weight is 312 g/mol. The van der Waals surface area contributed by atoms with Gasteiger partial charge >= 0.3 is 12.0 Å². The zero-order valence-corrected chi connectivity index (χ0v) is 14.1. The molecule has 0 aliphatic rings. The van der Waals surface area contributed by atoms with Gasteiger partial charge in [-0.3, -0.25) is 4.79 Å². The van der Waals surface area contributed by atoms with Gasteiger partial charge in [-0.25, -0.2) is 4.79 Å². The highest BCUT2D eigenvalue weighted by molar-refractivity contribution is 7.12. The van der Waals surface area contributed by atoms with E-state index in [-0.39, 0.29) is 18.6 Å². The first-order chi connectivity index (χ1) is 9.69. The molecule has 0 aliphatic carbocycles. The third-order valence-corrected chi connectivity index (χ3v) is 4.81. The smallest absolute Gasteiger partial charge is 0.315 e. The molecule has 1 aromatic rings. The van der Waals surface area contributed by atoms with Crippen LogP contribution >= 0.6 is 11.3 Å². The van der Waals surface area contributed by atoms with Crippen LogP contribution < -0.4 is 10.6 Å². The summed E-state index contributed by atoms with van der Waals surface area (Å²) in [6.45, 7) is 9.53. The minimum absolute atomic E-state index is 0.104. The van der Waals surface area contributed by atoms with Gasteiger partial charge in [0, 0.05) is 16.3 Å². The lowest BCUT2D eigenvalue weighted by atomic mass is 9.88. The van der Waals surface area contributed by atoms with Gasteiger partial charge in [0.05, 0.1) is 11.5 Å². The van der Waals surface area contributed by atoms with Crippen LogP contribution in [0.3, 0.4) is 0 Å². The molecule has 0 saturated carbocycles. The Morgan fingerprint density at radius 2 is 2.05 bits per heavy atom. The fourth-order valence-corrected chi connectivity index (χ4v) is 3.06. The Balaban J connectivity index is 2.58. The molecule has 2 amide bonds. The van der Waals surface area contributed by atoms with Crippen LogP contribution in [0.1, 0.15) is 48.6 Å². The van der Waals surface area contributed by atoms with Gasteiger partial charge < -0.3 is 15.7 Å². The molecule has 6 heteroatoms. The summed E-state index contributed by atoms with van der Waals surface area (Å²) in [5, 5.41) is 14.7. The van der Waals surface area contributed by atoms with Crippen LogP contribution in [0.5, 0.6) is 0 Å². The molecule has 2 atom stereocenters. The summed E-state index contributed by atoms with van der Waals surface area (Å²) in [4.78, 5) is 25.5. The maximum atomic E-state index is 11.9. The maximum Gasteiger partial charge on any atom is 0.315 e. The van der Waals surface area contributed by atoms with Crippen LogP contribution in [-0.2, 0) is 4.79 Å². The average Bonchev–Trinajstić information content (AvgIpc) is 2.74. The molecule has 21 heavy (non-hydrogen) atoms. The van der Waals surface area contributed by atoms with Crippen LogP contribution in [-0.4, -0.2) is 23.7 Å². The lowest BCUT2D eigenvalue weighted by Crippen LogP contribution is -2.45. The Morgan fingerprint density at radius 1 is 1.43 bits per heavy atom. The summed E-state index contributed by atoms with van der Waals surface area (Å²) in [5.41, 5.74) is 0.166. The van der Waals surface area contributed by atoms with Crippen molar-refractivity contribution in [1.82, 2.24) is 10.6 Å². The van der Waals surface area contributed by atoms with E-state index in [0.29, 0.717) is 6.42 Å². The number of aryl methyl sites for hydroxylation is 2. The predicted octanol–water partition coefficient (Wildman–Crippen LogP) is 3.23. The van der Waals surface area contributed by atoms with Crippen LogP contribution in [0.2, 0.25) is 0 Å². The Kier molecular flexibility index (Phi) is 5.78. The Hall–Kier alpha value is -1.56. The topological polar surface area (TPSA) is 78.4 Å². The second-order valence-electron chi connectivity index (χ2n) is 5.64. The lowest BCUT2D eigenvalue weighted by Gasteiger charge is -2.24. The van der Waals surface area contributed by atoms with Gasteiger partial charge in [0.15, 0.2) is 0 Å². The number of hydrogen-bond donors (Lipinski definition) is 3. The number of carboxylic acid groups (broad SMARTS) is 1. The first-order valence-corrected chi connectivity index (χ1v) is 7.86. The van der Waals surface area contributed by atoms with Crippen molar-refractivity contribution in [2.45, 2.75) is 47.1 Å². The minimum Gasteiger partial charge on any atom is -0.481 e. The Bertz CT molecular complexity index is 527. The normalized spacial score (nSPS) is 15.1. The van der Waals surface area contributed by atoms with Gasteiger partial charge in [0.2, 0.25) is 0 Å². The quantitative estimate of drug-likeness (QED) is 0.754. The van der Waals surface area contributed by atoms with E-state index in [0.717, 1.165) is 5.56 Å². The number of thiophene rings is 1. The molecular formula is C15H24N2O3S. The van der Waals surface area contributed by atoms with Crippen molar-refractivity contribution in [1.29, 1.82) is 0 Å². The summed E-state index contributed by atoms with van der Waals surface area (Å²) in [6, 6.07) is 1.62. The molecule has 0 fully saturated rings. The number of hydrogen-bond acceptors (Lipinski definition) is 3. The van der Waals surface area contributed by atoms with Crippen molar-refractivity contribution >= 4 is 23.3 Å². The predicted molar refractivity (Wildman–Crippen MR) is 84.8 cm³/mol. The molecule has 1 rings (SSSR count). The van der Waals surface area contributed by atoms with Gasteiger partial charge in [0.1, 0.15) is 0 Å². The molecule has 118 valence electrons. The standard InChI is InChI=1S/C15H24N2O3S/c1-6-15(5,13(18)19)8-16-14(20)17-10(3)12-7-9(2)21-11(12)4/h7,10H,6,8H2,1-5H3,(H,18,19)(H2,16,17,20). The Labute approximate surface area is 129 Å². The van der Waals surface area contributed by atoms with E-state index in [9.17, 15) is 14.7 Å². The zero-order chi connectivity index (χ0) is 16.2. The second-order valence-corrected chi connectivity index (χ2v) is 7.10. The molecular weight excluding hydrogens is 288 g/mol. The number of carboxylic acids is 1. The number of carbonyl (C=O) groups excluding carboxylic acids is 1. The van der Waals surface area contributed by atoms with E-state index in [1.54, 1.807) is 25.2 Å². The van der Waals surface area contributed by atoms with E-state index in [4.69, 9.17) is 0 Å². The van der Waals surface area contributed by atoms with Crippen LogP contribution in [0.4, 0.5) is 4.79 Å². The van der Waals surface area contributed by atoms with Crippen molar-refractivity contribution in [3.05, 3.63) is 21.4 Å². The van der Waals surface area contributed by atoms with E-state index < -0.39 is 11.4 Å². The highest BCUT2D eigenvalue weighted by Crippen LogP contribution is 2.26. The zero-order valence-electron chi connectivity index (χ0n) is 13.2. The SMILES string of the molecule is CCC(C)(CNC(=O)NC(C)c1cc(C)sc1C)C(=O)O. The fraction of sp³-hybridized carbons (Fsp3) is 0.600. The molecule has 0 bridgehead atoms. The van der Waals surface area contributed by atoms with Crippen LogP contribution in [0, 0.1) is 19.3 Å². The second kappa shape index (κ2) is 6.93. The number of rotatable bonds is 6. The lowest BCUT2D eigenvalue weighted by molar-refractivity contribution is -0.147. The molecule has 1 heterocycles. The third-order valence-electron chi connectivity index (χ3n) is 3.83. The molecule has 2 unspecified atom stereocenters. The molecule has 0 spiro atoms. The largest absolute Gasteiger partial charge is 0.481 e. The van der Waals surface area contributed by atoms with E-state index >= 15 is 0 Å². The van der Waals surface area contributed by atoms with Crippen LogP contribution in [0.25, 0.3) is 0 Å². The summed E-state index contributed by atoms with van der Waals surface area (Å²) in [5.74, 6) is -0.900. The minimum atomic E-state index is -0.935. The summed E-state index contributed by atoms with van der Waals surface area (Å²) < 4.78 is 0.